The third-order valence-electron chi connectivity index (χ3n) is 5.05. The zero-order chi connectivity index (χ0) is 21.6. The van der Waals surface area contributed by atoms with Gasteiger partial charge in [0.25, 0.3) is 0 Å². The van der Waals surface area contributed by atoms with Crippen LogP contribution in [0.25, 0.3) is 22.5 Å². The highest BCUT2D eigenvalue weighted by Crippen LogP contribution is 2.29. The fraction of sp³-hybridized carbons (Fsp3) is 0.167. The molecule has 2 N–H and O–H groups in total. The van der Waals surface area contributed by atoms with E-state index in [9.17, 15) is 0 Å². The number of aromatic nitrogens is 2. The lowest BCUT2D eigenvalue weighted by atomic mass is 10.1. The zero-order valence-electron chi connectivity index (χ0n) is 17.4. The minimum absolute atomic E-state index is 0.532. The summed E-state index contributed by atoms with van der Waals surface area (Å²) < 4.78 is 11.2. The van der Waals surface area contributed by atoms with Gasteiger partial charge in [-0.2, -0.15) is 0 Å². The van der Waals surface area contributed by atoms with Gasteiger partial charge in [0.15, 0.2) is 0 Å². The molecule has 160 valence electrons. The van der Waals surface area contributed by atoms with Gasteiger partial charge in [0.05, 0.1) is 24.2 Å². The molecule has 0 unspecified atom stereocenters. The minimum atomic E-state index is 0.532. The summed E-state index contributed by atoms with van der Waals surface area (Å²) in [5, 5.41) is 15.1. The summed E-state index contributed by atoms with van der Waals surface area (Å²) in [5.74, 6) is 1.16. The van der Waals surface area contributed by atoms with Crippen LogP contribution in [0.5, 0.6) is 0 Å². The van der Waals surface area contributed by atoms with Gasteiger partial charge in [-0.1, -0.05) is 71.0 Å². The van der Waals surface area contributed by atoms with Crippen molar-refractivity contribution in [2.45, 2.75) is 0 Å². The number of hydrogen-bond acceptors (Lipinski definition) is 8. The summed E-state index contributed by atoms with van der Waals surface area (Å²) in [7, 11) is 0. The Hall–Kier alpha value is -4.20. The highest BCUT2D eigenvalue weighted by Gasteiger charge is 2.18. The maximum atomic E-state index is 5.59. The first-order valence-electron chi connectivity index (χ1n) is 10.5. The van der Waals surface area contributed by atoms with Crippen LogP contribution >= 0.6 is 0 Å². The van der Waals surface area contributed by atoms with Crippen LogP contribution in [0.2, 0.25) is 0 Å². The molecule has 1 aliphatic heterocycles. The molecule has 0 saturated carbocycles. The van der Waals surface area contributed by atoms with Crippen LogP contribution in [0.3, 0.4) is 0 Å². The third-order valence-corrected chi connectivity index (χ3v) is 5.05. The predicted molar refractivity (Wildman–Crippen MR) is 126 cm³/mol. The molecule has 0 fully saturated rings. The van der Waals surface area contributed by atoms with Gasteiger partial charge in [0, 0.05) is 36.6 Å². The molecule has 0 bridgehead atoms. The van der Waals surface area contributed by atoms with Gasteiger partial charge >= 0.3 is 0 Å². The smallest absolute Gasteiger partial charge is 0.234 e. The molecule has 32 heavy (non-hydrogen) atoms. The molecule has 2 aromatic carbocycles. The lowest BCUT2D eigenvalue weighted by molar-refractivity contribution is 0.432. The second kappa shape index (κ2) is 9.30. The van der Waals surface area contributed by atoms with Crippen molar-refractivity contribution in [3.05, 3.63) is 71.8 Å². The van der Waals surface area contributed by atoms with Crippen LogP contribution in [0.4, 0.5) is 11.8 Å². The van der Waals surface area contributed by atoms with Crippen molar-refractivity contribution < 1.29 is 9.05 Å². The molecule has 0 saturated heterocycles. The lowest BCUT2D eigenvalue weighted by Gasteiger charge is -2.06. The van der Waals surface area contributed by atoms with Crippen molar-refractivity contribution >= 4 is 24.2 Å². The second-order valence-electron chi connectivity index (χ2n) is 7.20. The molecular formula is C24H22N6O2. The van der Waals surface area contributed by atoms with E-state index in [0.29, 0.717) is 37.9 Å². The monoisotopic (exact) mass is 426 g/mol. The molecule has 4 aromatic rings. The quantitative estimate of drug-likeness (QED) is 0.494. The summed E-state index contributed by atoms with van der Waals surface area (Å²) >= 11 is 0. The number of nitrogens with zero attached hydrogens (tertiary/aromatic N) is 4. The summed E-state index contributed by atoms with van der Waals surface area (Å²) in [6, 6.07) is 19.8. The number of aliphatic imine (C=N–C) groups is 2. The van der Waals surface area contributed by atoms with E-state index >= 15 is 0 Å². The Kier molecular flexibility index (Phi) is 5.74. The van der Waals surface area contributed by atoms with E-state index < -0.39 is 0 Å². The topological polar surface area (TPSA) is 101 Å². The van der Waals surface area contributed by atoms with E-state index in [1.807, 2.05) is 60.7 Å². The number of hydrogen-bond donors (Lipinski definition) is 2. The Morgan fingerprint density at radius 3 is 1.47 bits per heavy atom. The van der Waals surface area contributed by atoms with Crippen molar-refractivity contribution in [3.63, 3.8) is 0 Å². The second-order valence-corrected chi connectivity index (χ2v) is 7.20. The maximum absolute atomic E-state index is 5.59. The molecule has 5 rings (SSSR count). The van der Waals surface area contributed by atoms with Crippen LogP contribution in [0, 0.1) is 0 Å². The molecule has 0 radical (unpaired) electrons. The van der Waals surface area contributed by atoms with Crippen LogP contribution in [0.1, 0.15) is 11.1 Å². The first-order valence-corrected chi connectivity index (χ1v) is 10.5. The van der Waals surface area contributed by atoms with Crippen LogP contribution in [-0.2, 0) is 0 Å². The van der Waals surface area contributed by atoms with Crippen LogP contribution < -0.4 is 10.6 Å². The van der Waals surface area contributed by atoms with E-state index in [1.54, 1.807) is 12.4 Å². The molecule has 3 heterocycles. The third kappa shape index (κ3) is 4.15. The summed E-state index contributed by atoms with van der Waals surface area (Å²) in [4.78, 5) is 9.10. The van der Waals surface area contributed by atoms with Gasteiger partial charge < -0.3 is 19.7 Å². The lowest BCUT2D eigenvalue weighted by Crippen LogP contribution is -2.14. The predicted octanol–water partition coefficient (Wildman–Crippen LogP) is 4.37. The average Bonchev–Trinajstić information content (AvgIpc) is 3.44. The average molecular weight is 426 g/mol. The fourth-order valence-corrected chi connectivity index (χ4v) is 3.48. The molecule has 0 atom stereocenters. The molecule has 0 amide bonds. The van der Waals surface area contributed by atoms with Gasteiger partial charge in [-0.25, -0.2) is 0 Å². The Bertz CT molecular complexity index is 1130. The van der Waals surface area contributed by atoms with Crippen molar-refractivity contribution in [2.24, 2.45) is 9.98 Å². The fourth-order valence-electron chi connectivity index (χ4n) is 3.48. The van der Waals surface area contributed by atoms with E-state index in [2.05, 4.69) is 30.9 Å². The molecule has 8 heteroatoms. The summed E-state index contributed by atoms with van der Waals surface area (Å²) in [6.07, 6.45) is 3.60. The number of benzene rings is 2. The van der Waals surface area contributed by atoms with E-state index in [-0.39, 0.29) is 0 Å². The molecule has 2 aromatic heterocycles. The number of anilines is 2. The maximum Gasteiger partial charge on any atom is 0.234 e. The van der Waals surface area contributed by atoms with Gasteiger partial charge in [0.2, 0.25) is 11.8 Å². The standard InChI is InChI=1S/C24H22N6O2/c1-3-7-17(8-4-1)21-19-15-25-11-12-26-16-20-22(18-9-5-2-6-10-18)30-32-24(20)28-14-13-27-23(19)31-29-21/h1-10,15-16,27-28H,11-14H2. The largest absolute Gasteiger partial charge is 0.352 e. The van der Waals surface area contributed by atoms with Gasteiger partial charge in [-0.15, -0.1) is 0 Å². The highest BCUT2D eigenvalue weighted by molar-refractivity contribution is 5.95. The SMILES string of the molecule is C1=NCCN=Cc2c(-c3ccccc3)noc2NCCNc2onc(-c3ccccc3)c21. The summed E-state index contributed by atoms with van der Waals surface area (Å²) in [6.45, 7) is 2.23. The first-order chi connectivity index (χ1) is 15.9. The molecule has 0 aliphatic carbocycles. The van der Waals surface area contributed by atoms with Gasteiger partial charge in [-0.3, -0.25) is 9.98 Å². The first kappa shape index (κ1) is 19.7. The molecule has 8 nitrogen and oxygen atoms in total. The van der Waals surface area contributed by atoms with Crippen LogP contribution in [-0.4, -0.2) is 48.9 Å². The molecule has 1 aliphatic rings. The Balaban J connectivity index is 1.41. The van der Waals surface area contributed by atoms with Crippen molar-refractivity contribution in [2.75, 3.05) is 36.8 Å². The summed E-state index contributed by atoms with van der Waals surface area (Å²) in [5.41, 5.74) is 5.11. The van der Waals surface area contributed by atoms with Crippen molar-refractivity contribution in [1.29, 1.82) is 0 Å². The van der Waals surface area contributed by atoms with Gasteiger partial charge in [-0.05, 0) is 0 Å². The number of fused-ring (bicyclic) bond motifs is 2. The Morgan fingerprint density at radius 1 is 0.594 bits per heavy atom. The van der Waals surface area contributed by atoms with Crippen molar-refractivity contribution in [3.8, 4) is 22.5 Å². The van der Waals surface area contributed by atoms with E-state index in [4.69, 9.17) is 9.05 Å². The molecule has 0 spiro atoms. The minimum Gasteiger partial charge on any atom is -0.352 e. The Morgan fingerprint density at radius 2 is 1.03 bits per heavy atom. The van der Waals surface area contributed by atoms with E-state index in [0.717, 1.165) is 33.6 Å². The van der Waals surface area contributed by atoms with Crippen LogP contribution in [0.15, 0.2) is 79.7 Å². The number of rotatable bonds is 2. The Labute approximate surface area is 185 Å². The molecular weight excluding hydrogens is 404 g/mol. The van der Waals surface area contributed by atoms with Crippen molar-refractivity contribution in [1.82, 2.24) is 10.3 Å². The zero-order valence-corrected chi connectivity index (χ0v) is 17.4. The highest BCUT2D eigenvalue weighted by atomic mass is 16.5. The normalized spacial score (nSPS) is 14.0. The number of nitrogens with one attached hydrogen (secondary N) is 2. The van der Waals surface area contributed by atoms with Gasteiger partial charge in [0.1, 0.15) is 11.4 Å². The van der Waals surface area contributed by atoms with E-state index in [1.165, 1.54) is 0 Å².